The number of hydrogen-bond acceptors (Lipinski definition) is 5. The first-order valence-electron chi connectivity index (χ1n) is 4.15. The molecule has 2 rings (SSSR count). The monoisotopic (exact) mass is 208 g/mol. The van der Waals surface area contributed by atoms with Crippen LogP contribution in [0.4, 0.5) is 0 Å². The number of aromatic nitrogens is 4. The maximum atomic E-state index is 10.5. The molecule has 0 aliphatic rings. The van der Waals surface area contributed by atoms with Gasteiger partial charge in [-0.2, -0.15) is 10.1 Å². The molecule has 0 saturated carbocycles. The van der Waals surface area contributed by atoms with E-state index in [1.54, 1.807) is 24.9 Å². The fourth-order valence-electron chi connectivity index (χ4n) is 1.23. The largest absolute Gasteiger partial charge is 0.475 e. The summed E-state index contributed by atoms with van der Waals surface area (Å²) in [6.07, 6.45) is 1.69. The summed E-state index contributed by atoms with van der Waals surface area (Å²) < 4.78 is 6.40. The van der Waals surface area contributed by atoms with Gasteiger partial charge < -0.3 is 9.63 Å². The molecule has 1 N–H and O–H groups in total. The fourth-order valence-corrected chi connectivity index (χ4v) is 1.23. The van der Waals surface area contributed by atoms with E-state index >= 15 is 0 Å². The Hall–Kier alpha value is -2.18. The SMILES string of the molecule is Cc1nn(C)cc1-c1nc(C(=O)O)no1. The number of nitrogens with zero attached hydrogens (tertiary/aromatic N) is 4. The molecule has 0 spiro atoms. The van der Waals surface area contributed by atoms with Crippen LogP contribution < -0.4 is 0 Å². The molecule has 78 valence electrons. The average molecular weight is 208 g/mol. The quantitative estimate of drug-likeness (QED) is 0.771. The Morgan fingerprint density at radius 2 is 2.33 bits per heavy atom. The van der Waals surface area contributed by atoms with Gasteiger partial charge in [0.15, 0.2) is 0 Å². The normalized spacial score (nSPS) is 10.5. The summed E-state index contributed by atoms with van der Waals surface area (Å²) in [5.74, 6) is -1.40. The lowest BCUT2D eigenvalue weighted by Crippen LogP contribution is -1.98. The highest BCUT2D eigenvalue weighted by molar-refractivity contribution is 5.83. The highest BCUT2D eigenvalue weighted by Gasteiger charge is 2.17. The zero-order valence-corrected chi connectivity index (χ0v) is 8.13. The van der Waals surface area contributed by atoms with Crippen LogP contribution in [0.1, 0.15) is 16.3 Å². The van der Waals surface area contributed by atoms with Crippen molar-refractivity contribution in [3.63, 3.8) is 0 Å². The van der Waals surface area contributed by atoms with Crippen molar-refractivity contribution < 1.29 is 14.4 Å². The molecule has 7 heteroatoms. The number of hydrogen-bond donors (Lipinski definition) is 1. The van der Waals surface area contributed by atoms with Crippen LogP contribution in [0.25, 0.3) is 11.5 Å². The van der Waals surface area contributed by atoms with Crippen LogP contribution in [0.15, 0.2) is 10.7 Å². The summed E-state index contributed by atoms with van der Waals surface area (Å²) in [4.78, 5) is 14.3. The molecule has 0 radical (unpaired) electrons. The van der Waals surface area contributed by atoms with Gasteiger partial charge in [0, 0.05) is 13.2 Å². The number of carboxylic acids is 1. The van der Waals surface area contributed by atoms with E-state index in [1.807, 2.05) is 0 Å². The lowest BCUT2D eigenvalue weighted by molar-refractivity contribution is 0.0680. The Balaban J connectivity index is 2.45. The van der Waals surface area contributed by atoms with Crippen LogP contribution >= 0.6 is 0 Å². The van der Waals surface area contributed by atoms with Crippen LogP contribution in [0, 0.1) is 6.92 Å². The molecule has 0 aromatic carbocycles. The van der Waals surface area contributed by atoms with Gasteiger partial charge >= 0.3 is 5.97 Å². The summed E-state index contributed by atoms with van der Waals surface area (Å²) in [6.45, 7) is 1.78. The van der Waals surface area contributed by atoms with Gasteiger partial charge in [0.25, 0.3) is 11.7 Å². The molecule has 0 atom stereocenters. The lowest BCUT2D eigenvalue weighted by atomic mass is 10.3. The van der Waals surface area contributed by atoms with Crippen molar-refractivity contribution in [2.75, 3.05) is 0 Å². The van der Waals surface area contributed by atoms with Gasteiger partial charge in [-0.05, 0) is 12.1 Å². The van der Waals surface area contributed by atoms with Crippen LogP contribution in [0.5, 0.6) is 0 Å². The maximum Gasteiger partial charge on any atom is 0.377 e. The van der Waals surface area contributed by atoms with Crippen molar-refractivity contribution in [1.82, 2.24) is 19.9 Å². The van der Waals surface area contributed by atoms with Gasteiger partial charge in [-0.25, -0.2) is 4.79 Å². The second-order valence-electron chi connectivity index (χ2n) is 3.03. The number of carbonyl (C=O) groups is 1. The third kappa shape index (κ3) is 1.58. The minimum atomic E-state index is -1.22. The van der Waals surface area contributed by atoms with Gasteiger partial charge in [0.2, 0.25) is 0 Å². The van der Waals surface area contributed by atoms with Gasteiger partial charge in [0.05, 0.1) is 11.3 Å². The number of carboxylic acid groups (broad SMARTS) is 1. The summed E-state index contributed by atoms with van der Waals surface area (Å²) in [6, 6.07) is 0. The third-order valence-electron chi connectivity index (χ3n) is 1.86. The minimum Gasteiger partial charge on any atom is -0.475 e. The Morgan fingerprint density at radius 1 is 1.60 bits per heavy atom. The van der Waals surface area contributed by atoms with Crippen molar-refractivity contribution >= 4 is 5.97 Å². The maximum absolute atomic E-state index is 10.5. The van der Waals surface area contributed by atoms with Gasteiger partial charge in [-0.3, -0.25) is 4.68 Å². The lowest BCUT2D eigenvalue weighted by Gasteiger charge is -1.86. The molecule has 0 saturated heterocycles. The van der Waals surface area contributed by atoms with Gasteiger partial charge in [0.1, 0.15) is 0 Å². The van der Waals surface area contributed by atoms with Gasteiger partial charge in [-0.1, -0.05) is 0 Å². The van der Waals surface area contributed by atoms with E-state index in [9.17, 15) is 4.79 Å². The highest BCUT2D eigenvalue weighted by atomic mass is 16.5. The fraction of sp³-hybridized carbons (Fsp3) is 0.250. The molecular formula is C8H8N4O3. The standard InChI is InChI=1S/C8H8N4O3/c1-4-5(3-12(2)10-4)7-9-6(8(13)14)11-15-7/h3H,1-2H3,(H,13,14). The zero-order valence-electron chi connectivity index (χ0n) is 8.13. The summed E-state index contributed by atoms with van der Waals surface area (Å²) >= 11 is 0. The molecule has 2 aromatic rings. The average Bonchev–Trinajstić information content (AvgIpc) is 2.71. The van der Waals surface area contributed by atoms with Crippen LogP contribution in [0.3, 0.4) is 0 Å². The van der Waals surface area contributed by atoms with Gasteiger partial charge in [-0.15, -0.1) is 0 Å². The molecule has 15 heavy (non-hydrogen) atoms. The molecule has 2 heterocycles. The van der Waals surface area contributed by atoms with Crippen molar-refractivity contribution in [2.24, 2.45) is 7.05 Å². The molecule has 0 bridgehead atoms. The number of aryl methyl sites for hydroxylation is 2. The third-order valence-corrected chi connectivity index (χ3v) is 1.86. The highest BCUT2D eigenvalue weighted by Crippen LogP contribution is 2.19. The Bertz CT molecular complexity index is 514. The summed E-state index contributed by atoms with van der Waals surface area (Å²) in [7, 11) is 1.75. The second-order valence-corrected chi connectivity index (χ2v) is 3.03. The number of rotatable bonds is 2. The molecule has 2 aromatic heterocycles. The predicted octanol–water partition coefficient (Wildman–Crippen LogP) is 0.477. The van der Waals surface area contributed by atoms with Crippen LogP contribution in [-0.4, -0.2) is 31.0 Å². The van der Waals surface area contributed by atoms with E-state index in [4.69, 9.17) is 9.63 Å². The second kappa shape index (κ2) is 3.19. The minimum absolute atomic E-state index is 0.165. The van der Waals surface area contributed by atoms with Crippen LogP contribution in [-0.2, 0) is 7.05 Å². The van der Waals surface area contributed by atoms with Crippen molar-refractivity contribution in [3.8, 4) is 11.5 Å². The first-order chi connectivity index (χ1) is 7.08. The smallest absolute Gasteiger partial charge is 0.377 e. The molecule has 0 unspecified atom stereocenters. The van der Waals surface area contributed by atoms with E-state index in [-0.39, 0.29) is 11.7 Å². The molecule has 0 aliphatic heterocycles. The first kappa shape index (κ1) is 9.38. The van der Waals surface area contributed by atoms with Crippen LogP contribution in [0.2, 0.25) is 0 Å². The Kier molecular flexibility index (Phi) is 2.00. The van der Waals surface area contributed by atoms with E-state index in [1.165, 1.54) is 0 Å². The van der Waals surface area contributed by atoms with E-state index < -0.39 is 5.97 Å². The molecule has 0 amide bonds. The summed E-state index contributed by atoms with van der Waals surface area (Å²) in [5, 5.41) is 16.0. The molecular weight excluding hydrogens is 200 g/mol. The van der Waals surface area contributed by atoms with Crippen molar-refractivity contribution in [1.29, 1.82) is 0 Å². The molecule has 0 fully saturated rings. The van der Waals surface area contributed by atoms with E-state index in [2.05, 4.69) is 15.2 Å². The zero-order chi connectivity index (χ0) is 11.0. The summed E-state index contributed by atoms with van der Waals surface area (Å²) in [5.41, 5.74) is 1.34. The Labute approximate surface area is 84.3 Å². The van der Waals surface area contributed by atoms with E-state index in [0.29, 0.717) is 11.3 Å². The topological polar surface area (TPSA) is 94.0 Å². The van der Waals surface area contributed by atoms with Crippen molar-refractivity contribution in [3.05, 3.63) is 17.7 Å². The predicted molar refractivity (Wildman–Crippen MR) is 48.2 cm³/mol. The molecule has 7 nitrogen and oxygen atoms in total. The number of aromatic carboxylic acids is 1. The molecule has 0 aliphatic carbocycles. The Morgan fingerprint density at radius 3 is 2.80 bits per heavy atom. The van der Waals surface area contributed by atoms with E-state index in [0.717, 1.165) is 0 Å². The van der Waals surface area contributed by atoms with Crippen molar-refractivity contribution in [2.45, 2.75) is 6.92 Å². The first-order valence-corrected chi connectivity index (χ1v) is 4.15.